The lowest BCUT2D eigenvalue weighted by molar-refractivity contribution is -0.138. The maximum atomic E-state index is 13.4. The highest BCUT2D eigenvalue weighted by atomic mass is 35.5. The molecule has 0 aliphatic carbocycles. The number of aromatic nitrogens is 4. The van der Waals surface area contributed by atoms with Crippen LogP contribution in [0.15, 0.2) is 30.6 Å². The average molecular weight is 613 g/mol. The van der Waals surface area contributed by atoms with E-state index in [4.69, 9.17) is 33.0 Å². The molecule has 3 heterocycles. The number of nitrogens with one attached hydrogen (secondary N) is 1. The summed E-state index contributed by atoms with van der Waals surface area (Å²) in [6.45, 7) is 7.75. The van der Waals surface area contributed by atoms with E-state index in [1.54, 1.807) is 35.6 Å². The van der Waals surface area contributed by atoms with Crippen molar-refractivity contribution < 1.29 is 27.5 Å². The van der Waals surface area contributed by atoms with E-state index in [-0.39, 0.29) is 47.7 Å². The van der Waals surface area contributed by atoms with Crippen LogP contribution in [0.3, 0.4) is 0 Å². The summed E-state index contributed by atoms with van der Waals surface area (Å²) in [4.78, 5) is 35.9. The molecule has 0 saturated carbocycles. The Morgan fingerprint density at radius 2 is 1.85 bits per heavy atom. The van der Waals surface area contributed by atoms with Gasteiger partial charge in [-0.3, -0.25) is 9.48 Å². The molecule has 1 aliphatic heterocycles. The molecule has 1 aromatic carbocycles. The van der Waals surface area contributed by atoms with E-state index >= 15 is 0 Å². The predicted octanol–water partition coefficient (Wildman–Crippen LogP) is 5.67. The predicted molar refractivity (Wildman–Crippen MR) is 146 cm³/mol. The maximum Gasteiger partial charge on any atom is 0.419 e. The number of halogens is 5. The van der Waals surface area contributed by atoms with Crippen molar-refractivity contribution in [1.82, 2.24) is 30.0 Å². The Balaban J connectivity index is 1.56. The van der Waals surface area contributed by atoms with Crippen LogP contribution in [-0.4, -0.2) is 55.7 Å². The number of carbonyl (C=O) groups excluding carboxylic acids is 2. The van der Waals surface area contributed by atoms with Gasteiger partial charge >= 0.3 is 12.1 Å². The van der Waals surface area contributed by atoms with Gasteiger partial charge in [0, 0.05) is 42.5 Å². The number of ether oxygens (including phenoxy) is 1. The molecule has 4 rings (SSSR count). The first kappa shape index (κ1) is 30.7. The molecule has 9 nitrogen and oxygen atoms in total. The lowest BCUT2D eigenvalue weighted by Gasteiger charge is -2.33. The van der Waals surface area contributed by atoms with Gasteiger partial charge in [-0.15, -0.1) is 0 Å². The summed E-state index contributed by atoms with van der Waals surface area (Å²) in [5.41, 5.74) is 0.972. The minimum atomic E-state index is -4.52. The molecule has 3 aromatic rings. The van der Waals surface area contributed by atoms with Crippen LogP contribution in [0, 0.1) is 0 Å². The topological polar surface area (TPSA) is 102 Å². The van der Waals surface area contributed by atoms with E-state index in [0.717, 1.165) is 12.4 Å². The van der Waals surface area contributed by atoms with Gasteiger partial charge < -0.3 is 15.0 Å². The van der Waals surface area contributed by atoms with Crippen LogP contribution in [0.2, 0.25) is 10.0 Å². The lowest BCUT2D eigenvalue weighted by Crippen LogP contribution is -2.42. The second kappa shape index (κ2) is 12.3. The largest absolute Gasteiger partial charge is 0.461 e. The molecular weight excluding hydrogens is 584 g/mol. The van der Waals surface area contributed by atoms with E-state index in [1.165, 1.54) is 6.07 Å². The van der Waals surface area contributed by atoms with Gasteiger partial charge in [0.2, 0.25) is 0 Å². The Kier molecular flexibility index (Phi) is 9.25. The molecule has 1 amide bonds. The van der Waals surface area contributed by atoms with Crippen molar-refractivity contribution in [2.75, 3.05) is 13.2 Å². The number of hydrogen-bond donors (Lipinski definition) is 1. The minimum Gasteiger partial charge on any atom is -0.461 e. The molecule has 1 aliphatic rings. The quantitative estimate of drug-likeness (QED) is 0.327. The Bertz CT molecular complexity index is 1430. The van der Waals surface area contributed by atoms with Crippen molar-refractivity contribution >= 4 is 35.1 Å². The van der Waals surface area contributed by atoms with Crippen LogP contribution in [-0.2, 0) is 23.9 Å². The molecule has 0 spiro atoms. The Hall–Kier alpha value is -3.22. The van der Waals surface area contributed by atoms with E-state index in [9.17, 15) is 22.8 Å². The molecule has 14 heteroatoms. The smallest absolute Gasteiger partial charge is 0.419 e. The number of esters is 1. The monoisotopic (exact) mass is 612 g/mol. The number of carbonyl (C=O) groups is 2. The van der Waals surface area contributed by atoms with Crippen molar-refractivity contribution in [3.05, 3.63) is 74.5 Å². The van der Waals surface area contributed by atoms with Gasteiger partial charge in [0.1, 0.15) is 5.82 Å². The van der Waals surface area contributed by atoms with Crippen LogP contribution in [0.1, 0.15) is 83.3 Å². The van der Waals surface area contributed by atoms with Crippen LogP contribution in [0.25, 0.3) is 0 Å². The van der Waals surface area contributed by atoms with Crippen molar-refractivity contribution in [2.45, 2.75) is 65.0 Å². The standard InChI is InChI=1S/C27H29Cl2F3N6O3/c1-5-41-26(40)23-19-13-37(25(39)17-6-7-20(28)21(29)9-17)14(2)8-22(19)36-38(23)15(3)10-33-16(4)24-34-11-18(12-35-24)27(30,31)32/h6-7,9,11-12,14-16,33H,5,8,10,13H2,1-4H3/t14-,15-,16?/m1/s1. The fourth-order valence-corrected chi connectivity index (χ4v) is 4.89. The summed E-state index contributed by atoms with van der Waals surface area (Å²) >= 11 is 12.1. The number of fused-ring (bicyclic) bond motifs is 1. The Morgan fingerprint density at radius 1 is 1.17 bits per heavy atom. The molecule has 0 bridgehead atoms. The zero-order valence-electron chi connectivity index (χ0n) is 22.8. The third-order valence-corrected chi connectivity index (χ3v) is 7.60. The first-order chi connectivity index (χ1) is 19.3. The number of nitrogens with zero attached hydrogens (tertiary/aromatic N) is 5. The fraction of sp³-hybridized carbons (Fsp3) is 0.444. The summed E-state index contributed by atoms with van der Waals surface area (Å²) in [6.07, 6.45) is -2.61. The molecule has 1 unspecified atom stereocenters. The highest BCUT2D eigenvalue weighted by molar-refractivity contribution is 6.42. The van der Waals surface area contributed by atoms with Gasteiger partial charge in [-0.2, -0.15) is 18.3 Å². The number of amides is 1. The van der Waals surface area contributed by atoms with Crippen molar-refractivity contribution in [3.63, 3.8) is 0 Å². The average Bonchev–Trinajstić information content (AvgIpc) is 3.30. The molecule has 0 radical (unpaired) electrons. The van der Waals surface area contributed by atoms with Gasteiger partial charge in [-0.05, 0) is 45.9 Å². The fourth-order valence-electron chi connectivity index (χ4n) is 4.60. The van der Waals surface area contributed by atoms with Crippen LogP contribution in [0.4, 0.5) is 13.2 Å². The third-order valence-electron chi connectivity index (χ3n) is 6.86. The summed E-state index contributed by atoms with van der Waals surface area (Å²) in [7, 11) is 0. The Labute approximate surface area is 245 Å². The van der Waals surface area contributed by atoms with E-state index in [0.29, 0.717) is 34.8 Å². The van der Waals surface area contributed by atoms with Gasteiger partial charge in [0.05, 0.1) is 46.5 Å². The second-order valence-electron chi connectivity index (χ2n) is 9.86. The molecule has 220 valence electrons. The lowest BCUT2D eigenvalue weighted by atomic mass is 9.98. The van der Waals surface area contributed by atoms with E-state index in [1.807, 2.05) is 13.8 Å². The van der Waals surface area contributed by atoms with Crippen molar-refractivity contribution in [2.24, 2.45) is 0 Å². The van der Waals surface area contributed by atoms with Crippen LogP contribution in [0.5, 0.6) is 0 Å². The molecule has 0 fully saturated rings. The second-order valence-corrected chi connectivity index (χ2v) is 10.7. The molecular formula is C27H29Cl2F3N6O3. The highest BCUT2D eigenvalue weighted by Crippen LogP contribution is 2.31. The normalized spacial score (nSPS) is 16.7. The van der Waals surface area contributed by atoms with Gasteiger partial charge in [-0.25, -0.2) is 14.8 Å². The van der Waals surface area contributed by atoms with Gasteiger partial charge in [-0.1, -0.05) is 23.2 Å². The van der Waals surface area contributed by atoms with Crippen molar-refractivity contribution in [1.29, 1.82) is 0 Å². The van der Waals surface area contributed by atoms with Crippen LogP contribution >= 0.6 is 23.2 Å². The molecule has 3 atom stereocenters. The van der Waals surface area contributed by atoms with Gasteiger partial charge in [0.15, 0.2) is 5.69 Å². The third kappa shape index (κ3) is 6.65. The summed E-state index contributed by atoms with van der Waals surface area (Å²) in [5, 5.41) is 8.52. The highest BCUT2D eigenvalue weighted by Gasteiger charge is 2.36. The minimum absolute atomic E-state index is 0.139. The number of hydrogen-bond acceptors (Lipinski definition) is 7. The van der Waals surface area contributed by atoms with Gasteiger partial charge in [0.25, 0.3) is 5.91 Å². The summed E-state index contributed by atoms with van der Waals surface area (Å²) in [5.74, 6) is -0.631. The molecule has 41 heavy (non-hydrogen) atoms. The maximum absolute atomic E-state index is 13.4. The zero-order valence-corrected chi connectivity index (χ0v) is 24.3. The molecule has 2 aromatic heterocycles. The zero-order chi connectivity index (χ0) is 30.1. The number of benzene rings is 1. The summed E-state index contributed by atoms with van der Waals surface area (Å²) < 4.78 is 45.5. The first-order valence-corrected chi connectivity index (χ1v) is 13.7. The molecule has 1 N–H and O–H groups in total. The molecule has 0 saturated heterocycles. The van der Waals surface area contributed by atoms with Crippen LogP contribution < -0.4 is 5.32 Å². The van der Waals surface area contributed by atoms with Crippen molar-refractivity contribution in [3.8, 4) is 0 Å². The van der Waals surface area contributed by atoms with E-state index in [2.05, 4.69) is 15.3 Å². The number of alkyl halides is 3. The summed E-state index contributed by atoms with van der Waals surface area (Å²) in [6, 6.07) is 3.61. The number of rotatable bonds is 8. The first-order valence-electron chi connectivity index (χ1n) is 13.0. The van der Waals surface area contributed by atoms with E-state index < -0.39 is 23.8 Å². The SMILES string of the molecule is CCOC(=O)c1c2c(nn1[C@H](C)CNC(C)c1ncc(C(F)(F)F)cn1)C[C@@H](C)N(C(=O)c1ccc(Cl)c(Cl)c1)C2. The Morgan fingerprint density at radius 3 is 2.46 bits per heavy atom.